The van der Waals surface area contributed by atoms with Gasteiger partial charge in [-0.2, -0.15) is 14.0 Å². The van der Waals surface area contributed by atoms with Crippen molar-refractivity contribution in [3.8, 4) is 6.07 Å². The topological polar surface area (TPSA) is 83.1 Å². The van der Waals surface area contributed by atoms with Gasteiger partial charge < -0.3 is 19.8 Å². The molecule has 28 heavy (non-hydrogen) atoms. The van der Waals surface area contributed by atoms with E-state index >= 15 is 0 Å². The van der Waals surface area contributed by atoms with E-state index in [1.54, 1.807) is 12.3 Å². The lowest BCUT2D eigenvalue weighted by molar-refractivity contribution is -0.156. The molecule has 0 bridgehead atoms. The first-order valence-electron chi connectivity index (χ1n) is 9.46. The van der Waals surface area contributed by atoms with Gasteiger partial charge in [-0.1, -0.05) is 19.3 Å². The van der Waals surface area contributed by atoms with Gasteiger partial charge in [-0.25, -0.2) is 4.98 Å². The third-order valence-electron chi connectivity index (χ3n) is 4.88. The first kappa shape index (κ1) is 21.0. The standard InChI is InChI=1S/C14H14BrN3O.C5H9F2NO/c15-13-11-6-10(7-16)19-12(11)8-17-14(13)18-9-4-2-1-3-5-9;6-5(7)9-4-1-2-8-3-4/h6,8-9H,1-5H2,(H,17,18);4-5,8H,1-3H2. The van der Waals surface area contributed by atoms with Crippen LogP contribution in [0.15, 0.2) is 21.2 Å². The Morgan fingerprint density at radius 2 is 2.11 bits per heavy atom. The van der Waals surface area contributed by atoms with Crippen molar-refractivity contribution < 1.29 is 17.9 Å². The van der Waals surface area contributed by atoms with Crippen LogP contribution >= 0.6 is 15.9 Å². The number of fused-ring (bicyclic) bond motifs is 1. The first-order chi connectivity index (χ1) is 13.6. The van der Waals surface area contributed by atoms with Crippen molar-refractivity contribution in [1.82, 2.24) is 10.3 Å². The van der Waals surface area contributed by atoms with Gasteiger partial charge in [0, 0.05) is 24.0 Å². The Hall–Kier alpha value is -1.76. The van der Waals surface area contributed by atoms with Crippen molar-refractivity contribution in [3.05, 3.63) is 22.5 Å². The van der Waals surface area contributed by atoms with E-state index in [-0.39, 0.29) is 6.10 Å². The summed E-state index contributed by atoms with van der Waals surface area (Å²) in [6, 6.07) is 4.25. The zero-order valence-corrected chi connectivity index (χ0v) is 17.0. The van der Waals surface area contributed by atoms with Gasteiger partial charge in [-0.3, -0.25) is 0 Å². The molecule has 2 aliphatic rings. The minimum atomic E-state index is -2.62. The zero-order valence-electron chi connectivity index (χ0n) is 15.4. The van der Waals surface area contributed by atoms with Crippen LogP contribution in [-0.4, -0.2) is 36.8 Å². The molecule has 2 aromatic rings. The van der Waals surface area contributed by atoms with E-state index in [0.717, 1.165) is 22.2 Å². The van der Waals surface area contributed by atoms with Gasteiger partial charge in [0.15, 0.2) is 5.58 Å². The molecule has 1 aliphatic carbocycles. The summed E-state index contributed by atoms with van der Waals surface area (Å²) in [7, 11) is 0. The number of anilines is 1. The molecule has 1 unspecified atom stereocenters. The Bertz CT molecular complexity index is 812. The van der Waals surface area contributed by atoms with Crippen LogP contribution in [0.25, 0.3) is 11.0 Å². The Labute approximate surface area is 170 Å². The van der Waals surface area contributed by atoms with Gasteiger partial charge in [0.05, 0.1) is 16.8 Å². The van der Waals surface area contributed by atoms with Gasteiger partial charge >= 0.3 is 6.61 Å². The van der Waals surface area contributed by atoms with Crippen LogP contribution in [-0.2, 0) is 4.74 Å². The smallest absolute Gasteiger partial charge is 0.345 e. The molecular formula is C19H23BrF2N4O2. The number of rotatable bonds is 4. The molecule has 1 saturated heterocycles. The summed E-state index contributed by atoms with van der Waals surface area (Å²) in [5.41, 5.74) is 0.637. The van der Waals surface area contributed by atoms with E-state index in [1.807, 2.05) is 6.07 Å². The molecule has 1 atom stereocenters. The molecule has 2 N–H and O–H groups in total. The minimum Gasteiger partial charge on any atom is -0.444 e. The molecule has 2 fully saturated rings. The Morgan fingerprint density at radius 1 is 1.32 bits per heavy atom. The Kier molecular flexibility index (Phi) is 7.59. The van der Waals surface area contributed by atoms with E-state index in [4.69, 9.17) is 9.68 Å². The first-order valence-corrected chi connectivity index (χ1v) is 10.2. The number of nitriles is 1. The predicted molar refractivity (Wildman–Crippen MR) is 105 cm³/mol. The average molecular weight is 457 g/mol. The number of nitrogens with one attached hydrogen (secondary N) is 2. The molecular weight excluding hydrogens is 434 g/mol. The molecule has 3 heterocycles. The van der Waals surface area contributed by atoms with E-state index < -0.39 is 6.61 Å². The lowest BCUT2D eigenvalue weighted by atomic mass is 9.95. The average Bonchev–Trinajstić information content (AvgIpc) is 3.35. The summed E-state index contributed by atoms with van der Waals surface area (Å²) in [5, 5.41) is 16.2. The number of pyridine rings is 1. The van der Waals surface area contributed by atoms with E-state index in [2.05, 4.69) is 36.3 Å². The molecule has 0 spiro atoms. The molecule has 6 nitrogen and oxygen atoms in total. The fourth-order valence-electron chi connectivity index (χ4n) is 3.47. The summed E-state index contributed by atoms with van der Waals surface area (Å²) >= 11 is 3.56. The highest BCUT2D eigenvalue weighted by atomic mass is 79.9. The third-order valence-corrected chi connectivity index (χ3v) is 5.69. The molecule has 152 valence electrons. The zero-order chi connectivity index (χ0) is 19.9. The van der Waals surface area contributed by atoms with Crippen molar-refractivity contribution in [2.24, 2.45) is 0 Å². The van der Waals surface area contributed by atoms with Gasteiger partial charge in [-0.15, -0.1) is 0 Å². The number of hydrogen-bond donors (Lipinski definition) is 2. The van der Waals surface area contributed by atoms with Crippen LogP contribution in [0.4, 0.5) is 14.6 Å². The normalized spacial score (nSPS) is 20.0. The lowest BCUT2D eigenvalue weighted by Gasteiger charge is -2.23. The van der Waals surface area contributed by atoms with E-state index in [1.165, 1.54) is 32.1 Å². The SMILES string of the molecule is FC(F)OC1CCNC1.N#Cc1cc2c(Br)c(NC3CCCCC3)ncc2o1. The fourth-order valence-corrected chi connectivity index (χ4v) is 3.99. The lowest BCUT2D eigenvalue weighted by Crippen LogP contribution is -2.23. The number of halogens is 3. The number of ether oxygens (including phenoxy) is 1. The van der Waals surface area contributed by atoms with Crippen LogP contribution in [0.1, 0.15) is 44.3 Å². The van der Waals surface area contributed by atoms with Gasteiger partial charge in [0.25, 0.3) is 0 Å². The Balaban J connectivity index is 0.000000211. The summed E-state index contributed by atoms with van der Waals surface area (Å²) in [5.74, 6) is 1.15. The molecule has 9 heteroatoms. The summed E-state index contributed by atoms with van der Waals surface area (Å²) < 4.78 is 33.3. The fraction of sp³-hybridized carbons (Fsp3) is 0.579. The van der Waals surface area contributed by atoms with Gasteiger partial charge in [0.2, 0.25) is 5.76 Å². The Morgan fingerprint density at radius 3 is 2.75 bits per heavy atom. The molecule has 0 amide bonds. The van der Waals surface area contributed by atoms with Crippen LogP contribution in [0.5, 0.6) is 0 Å². The van der Waals surface area contributed by atoms with Crippen molar-refractivity contribution >= 4 is 32.7 Å². The van der Waals surface area contributed by atoms with Crippen LogP contribution in [0.3, 0.4) is 0 Å². The number of nitrogens with zero attached hydrogens (tertiary/aromatic N) is 2. The second kappa shape index (κ2) is 10.1. The van der Waals surface area contributed by atoms with E-state index in [0.29, 0.717) is 30.4 Å². The van der Waals surface area contributed by atoms with Crippen LogP contribution in [0, 0.1) is 11.3 Å². The molecule has 2 aromatic heterocycles. The minimum absolute atomic E-state index is 0.273. The van der Waals surface area contributed by atoms with Gasteiger partial charge in [0.1, 0.15) is 11.9 Å². The molecule has 1 saturated carbocycles. The second-order valence-corrected chi connectivity index (χ2v) is 7.70. The molecule has 0 aromatic carbocycles. The highest BCUT2D eigenvalue weighted by Crippen LogP contribution is 2.33. The van der Waals surface area contributed by atoms with Crippen molar-refractivity contribution in [2.75, 3.05) is 18.4 Å². The van der Waals surface area contributed by atoms with Crippen molar-refractivity contribution in [3.63, 3.8) is 0 Å². The largest absolute Gasteiger partial charge is 0.444 e. The van der Waals surface area contributed by atoms with Gasteiger partial charge in [-0.05, 0) is 41.7 Å². The summed E-state index contributed by atoms with van der Waals surface area (Å²) in [4.78, 5) is 4.39. The highest BCUT2D eigenvalue weighted by molar-refractivity contribution is 9.10. The maximum atomic E-state index is 11.4. The quantitative estimate of drug-likeness (QED) is 0.687. The molecule has 1 aliphatic heterocycles. The van der Waals surface area contributed by atoms with Crippen LogP contribution < -0.4 is 10.6 Å². The predicted octanol–water partition coefficient (Wildman–Crippen LogP) is 4.79. The van der Waals surface area contributed by atoms with Crippen molar-refractivity contribution in [2.45, 2.75) is 57.3 Å². The number of aromatic nitrogens is 1. The maximum Gasteiger partial charge on any atom is 0.345 e. The monoisotopic (exact) mass is 456 g/mol. The summed E-state index contributed by atoms with van der Waals surface area (Å²) in [6.45, 7) is -1.27. The maximum absolute atomic E-state index is 11.4. The van der Waals surface area contributed by atoms with Crippen LogP contribution in [0.2, 0.25) is 0 Å². The number of alkyl halides is 2. The number of furan rings is 1. The highest BCUT2D eigenvalue weighted by Gasteiger charge is 2.19. The summed E-state index contributed by atoms with van der Waals surface area (Å²) in [6.07, 6.45) is 8.38. The third kappa shape index (κ3) is 5.63. The number of hydrogen-bond acceptors (Lipinski definition) is 6. The van der Waals surface area contributed by atoms with Crippen molar-refractivity contribution in [1.29, 1.82) is 5.26 Å². The molecule has 4 rings (SSSR count). The van der Waals surface area contributed by atoms with E-state index in [9.17, 15) is 8.78 Å². The molecule has 0 radical (unpaired) electrons. The second-order valence-electron chi connectivity index (χ2n) is 6.91.